The van der Waals surface area contributed by atoms with Crippen molar-refractivity contribution in [2.45, 2.75) is 38.5 Å². The number of aromatic nitrogens is 1. The molecule has 1 aliphatic carbocycles. The molecule has 0 radical (unpaired) electrons. The molecule has 0 unspecified atom stereocenters. The van der Waals surface area contributed by atoms with Gasteiger partial charge in [-0.1, -0.05) is 11.6 Å². The average molecular weight is 400 g/mol. The number of halogens is 1. The zero-order chi connectivity index (χ0) is 19.5. The number of pyridine rings is 1. The summed E-state index contributed by atoms with van der Waals surface area (Å²) >= 11 is 6.04. The fourth-order valence-corrected chi connectivity index (χ4v) is 3.88. The van der Waals surface area contributed by atoms with Gasteiger partial charge in [-0.15, -0.1) is 0 Å². The molecule has 148 valence electrons. The quantitative estimate of drug-likeness (QED) is 0.730. The first-order valence-electron chi connectivity index (χ1n) is 9.99. The van der Waals surface area contributed by atoms with Gasteiger partial charge in [0.25, 0.3) is 5.91 Å². The van der Waals surface area contributed by atoms with Crippen LogP contribution in [-0.4, -0.2) is 30.6 Å². The van der Waals surface area contributed by atoms with E-state index in [1.54, 1.807) is 6.20 Å². The van der Waals surface area contributed by atoms with E-state index in [9.17, 15) is 4.79 Å². The third kappa shape index (κ3) is 4.65. The van der Waals surface area contributed by atoms with Gasteiger partial charge >= 0.3 is 0 Å². The monoisotopic (exact) mass is 399 g/mol. The Kier molecular flexibility index (Phi) is 5.83. The van der Waals surface area contributed by atoms with Gasteiger partial charge in [0.05, 0.1) is 5.56 Å². The maximum Gasteiger partial charge on any atom is 0.253 e. The van der Waals surface area contributed by atoms with Crippen LogP contribution in [0, 0.1) is 12.8 Å². The number of hydrogen-bond donors (Lipinski definition) is 2. The Labute approximate surface area is 170 Å². The molecule has 2 N–H and O–H groups in total. The van der Waals surface area contributed by atoms with Crippen LogP contribution < -0.4 is 10.6 Å². The molecule has 28 heavy (non-hydrogen) atoms. The Morgan fingerprint density at radius 2 is 2.00 bits per heavy atom. The van der Waals surface area contributed by atoms with E-state index in [1.807, 2.05) is 31.2 Å². The highest BCUT2D eigenvalue weighted by atomic mass is 35.5. The fourth-order valence-electron chi connectivity index (χ4n) is 3.65. The van der Waals surface area contributed by atoms with Crippen LogP contribution in [0.25, 0.3) is 0 Å². The van der Waals surface area contributed by atoms with Gasteiger partial charge in [0, 0.05) is 36.7 Å². The van der Waals surface area contributed by atoms with Crippen molar-refractivity contribution in [1.29, 1.82) is 0 Å². The number of nitrogens with one attached hydrogen (secondary N) is 2. The highest BCUT2D eigenvalue weighted by Crippen LogP contribution is 2.42. The van der Waals surface area contributed by atoms with E-state index in [4.69, 9.17) is 16.3 Å². The third-order valence-electron chi connectivity index (χ3n) is 5.54. The molecule has 5 nitrogen and oxygen atoms in total. The lowest BCUT2D eigenvalue weighted by atomic mass is 10.00. The van der Waals surface area contributed by atoms with Gasteiger partial charge in [-0.3, -0.25) is 4.79 Å². The maximum absolute atomic E-state index is 12.8. The summed E-state index contributed by atoms with van der Waals surface area (Å²) in [5.41, 5.74) is 3.82. The molecule has 6 heteroatoms. The predicted molar refractivity (Wildman–Crippen MR) is 112 cm³/mol. The van der Waals surface area contributed by atoms with E-state index < -0.39 is 0 Å². The molecule has 1 amide bonds. The molecule has 0 spiro atoms. The fraction of sp³-hybridized carbons (Fsp3) is 0.455. The predicted octanol–water partition coefficient (Wildman–Crippen LogP) is 4.82. The Balaban J connectivity index is 1.48. The summed E-state index contributed by atoms with van der Waals surface area (Å²) in [6.45, 7) is 4.30. The Bertz CT molecular complexity index is 861. The average Bonchev–Trinajstić information content (AvgIpc) is 3.54. The number of aryl methyl sites for hydroxylation is 1. The van der Waals surface area contributed by atoms with Gasteiger partial charge in [-0.25, -0.2) is 4.98 Å². The third-order valence-corrected chi connectivity index (χ3v) is 5.78. The Morgan fingerprint density at radius 3 is 2.71 bits per heavy atom. The second-order valence-corrected chi connectivity index (χ2v) is 8.22. The molecule has 1 aromatic carbocycles. The van der Waals surface area contributed by atoms with E-state index in [-0.39, 0.29) is 5.91 Å². The van der Waals surface area contributed by atoms with Gasteiger partial charge in [-0.2, -0.15) is 0 Å². The zero-order valence-electron chi connectivity index (χ0n) is 16.1. The molecule has 4 rings (SSSR count). The van der Waals surface area contributed by atoms with E-state index in [2.05, 4.69) is 15.6 Å². The Hall–Kier alpha value is -2.11. The topological polar surface area (TPSA) is 63.2 Å². The Morgan fingerprint density at radius 1 is 1.21 bits per heavy atom. The molecule has 1 saturated carbocycles. The SMILES string of the molecule is Cc1cc(Cl)ccc1Nc1cc(C2CC2)c(C(=O)NCC2CCOCC2)cn1. The van der Waals surface area contributed by atoms with Gasteiger partial charge in [-0.05, 0) is 79.8 Å². The van der Waals surface area contributed by atoms with Crippen LogP contribution in [0.3, 0.4) is 0 Å². The number of carbonyl (C=O) groups excluding carboxylic acids is 1. The number of carbonyl (C=O) groups is 1. The van der Waals surface area contributed by atoms with Gasteiger partial charge in [0.15, 0.2) is 0 Å². The zero-order valence-corrected chi connectivity index (χ0v) is 16.9. The molecule has 2 aromatic rings. The van der Waals surface area contributed by atoms with Crippen LogP contribution >= 0.6 is 11.6 Å². The lowest BCUT2D eigenvalue weighted by molar-refractivity contribution is 0.0642. The van der Waals surface area contributed by atoms with Crippen LogP contribution in [0.15, 0.2) is 30.5 Å². The van der Waals surface area contributed by atoms with Crippen LogP contribution in [0.5, 0.6) is 0 Å². The van der Waals surface area contributed by atoms with Crippen molar-refractivity contribution in [3.63, 3.8) is 0 Å². The van der Waals surface area contributed by atoms with Crippen LogP contribution in [0.4, 0.5) is 11.5 Å². The van der Waals surface area contributed by atoms with Crippen LogP contribution in [0.1, 0.15) is 53.1 Å². The van der Waals surface area contributed by atoms with Crippen molar-refractivity contribution >= 4 is 29.0 Å². The van der Waals surface area contributed by atoms with Crippen LogP contribution in [0.2, 0.25) is 5.02 Å². The van der Waals surface area contributed by atoms with Gasteiger partial charge < -0.3 is 15.4 Å². The highest BCUT2D eigenvalue weighted by molar-refractivity contribution is 6.30. The number of benzene rings is 1. The number of rotatable bonds is 6. The van der Waals surface area contributed by atoms with Crippen molar-refractivity contribution in [3.8, 4) is 0 Å². The molecule has 2 fully saturated rings. The number of ether oxygens (including phenoxy) is 1. The molecule has 0 bridgehead atoms. The summed E-state index contributed by atoms with van der Waals surface area (Å²) in [6, 6.07) is 7.75. The minimum Gasteiger partial charge on any atom is -0.381 e. The van der Waals surface area contributed by atoms with Crippen molar-refractivity contribution in [2.75, 3.05) is 25.1 Å². The van der Waals surface area contributed by atoms with E-state index >= 15 is 0 Å². The van der Waals surface area contributed by atoms with Gasteiger partial charge in [0.1, 0.15) is 5.82 Å². The molecule has 1 aromatic heterocycles. The van der Waals surface area contributed by atoms with Crippen molar-refractivity contribution in [1.82, 2.24) is 10.3 Å². The summed E-state index contributed by atoms with van der Waals surface area (Å²) in [5.74, 6) is 1.70. The molecule has 1 aliphatic heterocycles. The smallest absolute Gasteiger partial charge is 0.253 e. The summed E-state index contributed by atoms with van der Waals surface area (Å²) in [6.07, 6.45) is 5.99. The number of nitrogens with zero attached hydrogens (tertiary/aromatic N) is 1. The van der Waals surface area contributed by atoms with Gasteiger partial charge in [0.2, 0.25) is 0 Å². The molecular weight excluding hydrogens is 374 g/mol. The molecule has 1 saturated heterocycles. The van der Waals surface area contributed by atoms with Crippen molar-refractivity contribution in [3.05, 3.63) is 52.2 Å². The second-order valence-electron chi connectivity index (χ2n) is 7.78. The van der Waals surface area contributed by atoms with E-state index in [0.29, 0.717) is 29.0 Å². The summed E-state index contributed by atoms with van der Waals surface area (Å²) in [4.78, 5) is 17.3. The lowest BCUT2D eigenvalue weighted by Crippen LogP contribution is -2.32. The molecular formula is C22H26ClN3O2. The van der Waals surface area contributed by atoms with Crippen LogP contribution in [-0.2, 0) is 4.74 Å². The largest absolute Gasteiger partial charge is 0.381 e. The summed E-state index contributed by atoms with van der Waals surface area (Å²) in [7, 11) is 0. The minimum atomic E-state index is -0.0184. The van der Waals surface area contributed by atoms with E-state index in [1.165, 1.54) is 0 Å². The van der Waals surface area contributed by atoms with E-state index in [0.717, 1.165) is 61.5 Å². The van der Waals surface area contributed by atoms with Crippen molar-refractivity contribution < 1.29 is 9.53 Å². The first-order valence-corrected chi connectivity index (χ1v) is 10.4. The normalized spacial score (nSPS) is 17.4. The number of amides is 1. The second kappa shape index (κ2) is 8.50. The standard InChI is InChI=1S/C22H26ClN3O2/c1-14-10-17(23)4-5-20(14)26-21-11-18(16-2-3-16)19(13-24-21)22(27)25-12-15-6-8-28-9-7-15/h4-5,10-11,13,15-16H,2-3,6-9,12H2,1H3,(H,24,26)(H,25,27). The summed E-state index contributed by atoms with van der Waals surface area (Å²) in [5, 5.41) is 7.18. The number of hydrogen-bond acceptors (Lipinski definition) is 4. The lowest BCUT2D eigenvalue weighted by Gasteiger charge is -2.22. The molecule has 2 heterocycles. The minimum absolute atomic E-state index is 0.0184. The number of anilines is 2. The first-order chi connectivity index (χ1) is 13.6. The maximum atomic E-state index is 12.8. The first kappa shape index (κ1) is 19.2. The summed E-state index contributed by atoms with van der Waals surface area (Å²) < 4.78 is 5.39. The highest BCUT2D eigenvalue weighted by Gasteiger charge is 2.29. The molecule has 0 atom stereocenters. The molecule has 2 aliphatic rings. The van der Waals surface area contributed by atoms with Crippen molar-refractivity contribution in [2.24, 2.45) is 5.92 Å².